The number of amides is 1. The summed E-state index contributed by atoms with van der Waals surface area (Å²) in [5.74, 6) is -0.306. The highest BCUT2D eigenvalue weighted by Gasteiger charge is 2.16. The molecule has 0 aliphatic carbocycles. The summed E-state index contributed by atoms with van der Waals surface area (Å²) in [6.07, 6.45) is 2.28. The highest BCUT2D eigenvalue weighted by Crippen LogP contribution is 2.26. The van der Waals surface area contributed by atoms with Gasteiger partial charge in [0.05, 0.1) is 10.2 Å². The third-order valence-corrected chi connectivity index (χ3v) is 4.00. The molecule has 0 bridgehead atoms. The smallest absolute Gasteiger partial charge is 0.265 e. The summed E-state index contributed by atoms with van der Waals surface area (Å²) < 4.78 is 20.7. The van der Waals surface area contributed by atoms with Gasteiger partial charge >= 0.3 is 0 Å². The summed E-state index contributed by atoms with van der Waals surface area (Å²) in [5, 5.41) is 6.80. The maximum Gasteiger partial charge on any atom is 0.265 e. The van der Waals surface area contributed by atoms with Crippen LogP contribution in [0.2, 0.25) is 0 Å². The molecule has 0 fully saturated rings. The Morgan fingerprint density at radius 1 is 1.28 bits per heavy atom. The summed E-state index contributed by atoms with van der Waals surface area (Å²) in [7, 11) is 0. The van der Waals surface area contributed by atoms with Crippen LogP contribution in [0.4, 0.5) is 10.1 Å². The Hall–Kier alpha value is -2.74. The van der Waals surface area contributed by atoms with E-state index in [-0.39, 0.29) is 11.7 Å². The van der Waals surface area contributed by atoms with Crippen LogP contribution < -0.4 is 10.1 Å². The van der Waals surface area contributed by atoms with E-state index in [1.807, 2.05) is 12.1 Å². The average molecular weight is 405 g/mol. The molecule has 0 aliphatic rings. The van der Waals surface area contributed by atoms with Crippen LogP contribution in [0.15, 0.2) is 59.6 Å². The van der Waals surface area contributed by atoms with Crippen LogP contribution in [0.3, 0.4) is 0 Å². The molecule has 2 aromatic carbocycles. The summed E-state index contributed by atoms with van der Waals surface area (Å²) in [6.45, 7) is 1.62. The monoisotopic (exact) mass is 404 g/mol. The quantitative estimate of drug-likeness (QED) is 0.705. The van der Waals surface area contributed by atoms with Gasteiger partial charge in [0, 0.05) is 5.69 Å². The molecule has 1 aromatic heterocycles. The highest BCUT2D eigenvalue weighted by molar-refractivity contribution is 9.10. The first-order chi connectivity index (χ1) is 12.0. The Kier molecular flexibility index (Phi) is 5.08. The van der Waals surface area contributed by atoms with E-state index in [4.69, 9.17) is 4.74 Å². The number of carbonyl (C=O) groups is 1. The third kappa shape index (κ3) is 4.21. The van der Waals surface area contributed by atoms with Crippen LogP contribution in [0.1, 0.15) is 6.92 Å². The molecule has 3 rings (SSSR count). The number of carbonyl (C=O) groups excluding carboxylic acids is 1. The van der Waals surface area contributed by atoms with Gasteiger partial charge in [-0.25, -0.2) is 14.1 Å². The van der Waals surface area contributed by atoms with E-state index >= 15 is 0 Å². The number of anilines is 1. The van der Waals surface area contributed by atoms with Crippen LogP contribution in [0.5, 0.6) is 5.75 Å². The van der Waals surface area contributed by atoms with E-state index in [0.29, 0.717) is 15.9 Å². The molecule has 25 heavy (non-hydrogen) atoms. The predicted octanol–water partition coefficient (Wildman–Crippen LogP) is 3.57. The van der Waals surface area contributed by atoms with E-state index in [1.54, 1.807) is 30.1 Å². The van der Waals surface area contributed by atoms with Gasteiger partial charge in [-0.15, -0.1) is 0 Å². The van der Waals surface area contributed by atoms with Gasteiger partial charge in [0.2, 0.25) is 0 Å². The Morgan fingerprint density at radius 3 is 2.68 bits per heavy atom. The lowest BCUT2D eigenvalue weighted by Gasteiger charge is -2.16. The van der Waals surface area contributed by atoms with Gasteiger partial charge in [0.1, 0.15) is 24.2 Å². The minimum Gasteiger partial charge on any atom is -0.480 e. The zero-order chi connectivity index (χ0) is 17.8. The standard InChI is InChI=1S/C17H14BrFN4O2/c1-11(25-16-7-2-12(19)8-15(16)18)17(24)22-13-3-5-14(6-4-13)23-10-20-9-21-23/h2-11H,1H3,(H,22,24). The summed E-state index contributed by atoms with van der Waals surface area (Å²) in [6, 6.07) is 11.2. The van der Waals surface area contributed by atoms with Crippen molar-refractivity contribution in [2.45, 2.75) is 13.0 Å². The number of halogens is 2. The molecule has 1 N–H and O–H groups in total. The molecule has 1 unspecified atom stereocenters. The Bertz CT molecular complexity index is 869. The molecule has 3 aromatic rings. The highest BCUT2D eigenvalue weighted by atomic mass is 79.9. The normalized spacial score (nSPS) is 11.8. The van der Waals surface area contributed by atoms with Crippen molar-refractivity contribution in [3.63, 3.8) is 0 Å². The fourth-order valence-electron chi connectivity index (χ4n) is 2.10. The molecule has 0 aliphatic heterocycles. The summed E-state index contributed by atoms with van der Waals surface area (Å²) >= 11 is 3.21. The van der Waals surface area contributed by atoms with E-state index in [1.165, 1.54) is 24.5 Å². The van der Waals surface area contributed by atoms with Crippen molar-refractivity contribution in [1.29, 1.82) is 0 Å². The van der Waals surface area contributed by atoms with Crippen LogP contribution in [0, 0.1) is 5.82 Å². The summed E-state index contributed by atoms with van der Waals surface area (Å²) in [4.78, 5) is 16.1. The topological polar surface area (TPSA) is 69.0 Å². The number of benzene rings is 2. The van der Waals surface area contributed by atoms with Gasteiger partial charge in [0.15, 0.2) is 6.10 Å². The van der Waals surface area contributed by atoms with Crippen LogP contribution in [-0.2, 0) is 4.79 Å². The maximum atomic E-state index is 13.1. The van der Waals surface area contributed by atoms with E-state index < -0.39 is 6.10 Å². The molecule has 1 heterocycles. The number of hydrogen-bond acceptors (Lipinski definition) is 4. The first-order valence-electron chi connectivity index (χ1n) is 7.40. The lowest BCUT2D eigenvalue weighted by molar-refractivity contribution is -0.122. The molecule has 1 amide bonds. The Balaban J connectivity index is 1.63. The van der Waals surface area contributed by atoms with Gasteiger partial charge < -0.3 is 10.1 Å². The first-order valence-corrected chi connectivity index (χ1v) is 8.20. The van der Waals surface area contributed by atoms with Crippen molar-refractivity contribution in [1.82, 2.24) is 14.8 Å². The minimum atomic E-state index is -0.753. The minimum absolute atomic E-state index is 0.315. The average Bonchev–Trinajstić information content (AvgIpc) is 3.12. The molecular weight excluding hydrogens is 391 g/mol. The molecular formula is C17H14BrFN4O2. The molecule has 128 valence electrons. The lowest BCUT2D eigenvalue weighted by atomic mass is 10.2. The fourth-order valence-corrected chi connectivity index (χ4v) is 2.54. The van der Waals surface area contributed by atoms with Crippen molar-refractivity contribution in [3.05, 3.63) is 65.4 Å². The molecule has 0 saturated heterocycles. The molecule has 0 spiro atoms. The molecule has 0 radical (unpaired) electrons. The van der Waals surface area contributed by atoms with E-state index in [0.717, 1.165) is 5.69 Å². The number of hydrogen-bond donors (Lipinski definition) is 1. The maximum absolute atomic E-state index is 13.1. The third-order valence-electron chi connectivity index (χ3n) is 3.39. The van der Waals surface area contributed by atoms with Crippen molar-refractivity contribution < 1.29 is 13.9 Å². The fraction of sp³-hybridized carbons (Fsp3) is 0.118. The van der Waals surface area contributed by atoms with Crippen molar-refractivity contribution >= 4 is 27.5 Å². The number of ether oxygens (including phenoxy) is 1. The molecule has 6 nitrogen and oxygen atoms in total. The van der Waals surface area contributed by atoms with E-state index in [9.17, 15) is 9.18 Å². The van der Waals surface area contributed by atoms with Crippen LogP contribution >= 0.6 is 15.9 Å². The Labute approximate surface area is 151 Å². The van der Waals surface area contributed by atoms with Crippen LogP contribution in [-0.4, -0.2) is 26.8 Å². The number of rotatable bonds is 5. The van der Waals surface area contributed by atoms with Crippen molar-refractivity contribution in [2.24, 2.45) is 0 Å². The first kappa shape index (κ1) is 17.1. The van der Waals surface area contributed by atoms with Crippen LogP contribution in [0.25, 0.3) is 5.69 Å². The van der Waals surface area contributed by atoms with Gasteiger partial charge in [-0.2, -0.15) is 5.10 Å². The second-order valence-corrected chi connectivity index (χ2v) is 6.07. The van der Waals surface area contributed by atoms with Crippen molar-refractivity contribution in [3.8, 4) is 11.4 Å². The zero-order valence-electron chi connectivity index (χ0n) is 13.2. The number of nitrogens with zero attached hydrogens (tertiary/aromatic N) is 3. The largest absolute Gasteiger partial charge is 0.480 e. The Morgan fingerprint density at radius 2 is 2.04 bits per heavy atom. The molecule has 0 saturated carbocycles. The second kappa shape index (κ2) is 7.43. The number of nitrogens with one attached hydrogen (secondary N) is 1. The molecule has 8 heteroatoms. The predicted molar refractivity (Wildman–Crippen MR) is 94.2 cm³/mol. The molecule has 1 atom stereocenters. The van der Waals surface area contributed by atoms with Gasteiger partial charge in [-0.1, -0.05) is 0 Å². The number of aromatic nitrogens is 3. The van der Waals surface area contributed by atoms with Gasteiger partial charge in [-0.3, -0.25) is 4.79 Å². The van der Waals surface area contributed by atoms with Gasteiger partial charge in [-0.05, 0) is 65.3 Å². The lowest BCUT2D eigenvalue weighted by Crippen LogP contribution is -2.30. The van der Waals surface area contributed by atoms with E-state index in [2.05, 4.69) is 31.3 Å². The summed E-state index contributed by atoms with van der Waals surface area (Å²) in [5.41, 5.74) is 1.46. The SMILES string of the molecule is CC(Oc1ccc(F)cc1Br)C(=O)Nc1ccc(-n2cncn2)cc1. The van der Waals surface area contributed by atoms with Crippen molar-refractivity contribution in [2.75, 3.05) is 5.32 Å². The second-order valence-electron chi connectivity index (χ2n) is 5.21. The zero-order valence-corrected chi connectivity index (χ0v) is 14.8. The van der Waals surface area contributed by atoms with Gasteiger partial charge in [0.25, 0.3) is 5.91 Å².